The first-order chi connectivity index (χ1) is 7.90. The molecule has 0 aliphatic heterocycles. The van der Waals surface area contributed by atoms with Gasteiger partial charge in [0.25, 0.3) is 10.0 Å². The van der Waals surface area contributed by atoms with Gasteiger partial charge in [0.1, 0.15) is 12.4 Å². The summed E-state index contributed by atoms with van der Waals surface area (Å²) >= 11 is 0. The standard InChI is InChI=1S/C10H17NO5S/c1-7(2)9(6-13)11-17(14,15)10-4-3-8(5-12)16-10/h3-4,7,9,11-13H,5-6H2,1-2H3/t9-/m1/s1. The van der Waals surface area contributed by atoms with Crippen LogP contribution in [0.4, 0.5) is 0 Å². The lowest BCUT2D eigenvalue weighted by Gasteiger charge is -2.18. The van der Waals surface area contributed by atoms with Crippen LogP contribution in [0, 0.1) is 5.92 Å². The van der Waals surface area contributed by atoms with E-state index >= 15 is 0 Å². The van der Waals surface area contributed by atoms with Gasteiger partial charge in [-0.2, -0.15) is 0 Å². The zero-order chi connectivity index (χ0) is 13.1. The van der Waals surface area contributed by atoms with Crippen LogP contribution in [0.2, 0.25) is 0 Å². The van der Waals surface area contributed by atoms with Crippen LogP contribution in [0.25, 0.3) is 0 Å². The molecule has 0 bridgehead atoms. The Hall–Kier alpha value is -0.890. The summed E-state index contributed by atoms with van der Waals surface area (Å²) in [6.07, 6.45) is 0. The molecule has 98 valence electrons. The minimum absolute atomic E-state index is 0.0398. The van der Waals surface area contributed by atoms with Crippen molar-refractivity contribution in [3.8, 4) is 0 Å². The van der Waals surface area contributed by atoms with E-state index < -0.39 is 16.1 Å². The molecule has 7 heteroatoms. The molecule has 0 radical (unpaired) electrons. The van der Waals surface area contributed by atoms with Crippen molar-refractivity contribution < 1.29 is 23.0 Å². The molecule has 0 saturated heterocycles. The summed E-state index contributed by atoms with van der Waals surface area (Å²) in [5, 5.41) is 17.6. The van der Waals surface area contributed by atoms with Gasteiger partial charge in [-0.05, 0) is 18.1 Å². The Balaban J connectivity index is 2.88. The molecule has 1 rings (SSSR count). The molecule has 1 aromatic rings. The number of nitrogens with one attached hydrogen (secondary N) is 1. The molecule has 0 aliphatic rings. The van der Waals surface area contributed by atoms with E-state index in [1.165, 1.54) is 12.1 Å². The van der Waals surface area contributed by atoms with E-state index in [1.807, 2.05) is 0 Å². The van der Waals surface area contributed by atoms with Crippen LogP contribution in [0.1, 0.15) is 19.6 Å². The van der Waals surface area contributed by atoms with Crippen molar-refractivity contribution >= 4 is 10.0 Å². The molecule has 0 aromatic carbocycles. The SMILES string of the molecule is CC(C)[C@@H](CO)NS(=O)(=O)c1ccc(CO)o1. The molecular formula is C10H17NO5S. The smallest absolute Gasteiger partial charge is 0.274 e. The highest BCUT2D eigenvalue weighted by molar-refractivity contribution is 7.89. The molecule has 1 aromatic heterocycles. The van der Waals surface area contributed by atoms with Gasteiger partial charge in [-0.25, -0.2) is 13.1 Å². The van der Waals surface area contributed by atoms with E-state index in [-0.39, 0.29) is 30.0 Å². The summed E-state index contributed by atoms with van der Waals surface area (Å²) in [6, 6.07) is 2.09. The lowest BCUT2D eigenvalue weighted by atomic mass is 10.1. The minimum Gasteiger partial charge on any atom is -0.446 e. The molecule has 0 saturated carbocycles. The third kappa shape index (κ3) is 3.53. The van der Waals surface area contributed by atoms with E-state index in [1.54, 1.807) is 13.8 Å². The molecule has 6 nitrogen and oxygen atoms in total. The van der Waals surface area contributed by atoms with Crippen molar-refractivity contribution in [1.29, 1.82) is 0 Å². The molecular weight excluding hydrogens is 246 g/mol. The van der Waals surface area contributed by atoms with Crippen LogP contribution in [-0.4, -0.2) is 31.3 Å². The zero-order valence-electron chi connectivity index (χ0n) is 9.75. The number of hydrogen-bond acceptors (Lipinski definition) is 5. The van der Waals surface area contributed by atoms with Crippen LogP contribution >= 0.6 is 0 Å². The molecule has 0 fully saturated rings. The number of aliphatic hydroxyl groups excluding tert-OH is 2. The number of sulfonamides is 1. The molecule has 0 spiro atoms. The summed E-state index contributed by atoms with van der Waals surface area (Å²) in [5.41, 5.74) is 0. The average Bonchev–Trinajstić information content (AvgIpc) is 2.74. The highest BCUT2D eigenvalue weighted by Gasteiger charge is 2.24. The Morgan fingerprint density at radius 2 is 2.00 bits per heavy atom. The maximum atomic E-state index is 11.8. The van der Waals surface area contributed by atoms with Crippen LogP contribution < -0.4 is 4.72 Å². The van der Waals surface area contributed by atoms with E-state index in [0.717, 1.165) is 0 Å². The Kier molecular flexibility index (Phi) is 4.70. The maximum Gasteiger partial charge on any atom is 0.274 e. The summed E-state index contributed by atoms with van der Waals surface area (Å²) in [5.74, 6) is 0.137. The molecule has 3 N–H and O–H groups in total. The highest BCUT2D eigenvalue weighted by atomic mass is 32.2. The molecule has 1 atom stereocenters. The second-order valence-electron chi connectivity index (χ2n) is 4.03. The van der Waals surface area contributed by atoms with E-state index in [9.17, 15) is 8.42 Å². The second kappa shape index (κ2) is 5.63. The fraction of sp³-hybridized carbons (Fsp3) is 0.600. The summed E-state index contributed by atoms with van der Waals surface area (Å²) in [6.45, 7) is 2.95. The van der Waals surface area contributed by atoms with Crippen LogP contribution in [0.3, 0.4) is 0 Å². The van der Waals surface area contributed by atoms with Crippen LogP contribution in [0.15, 0.2) is 21.6 Å². The van der Waals surface area contributed by atoms with E-state index in [0.29, 0.717) is 0 Å². The van der Waals surface area contributed by atoms with Gasteiger partial charge in [0, 0.05) is 6.04 Å². The third-order valence-electron chi connectivity index (χ3n) is 2.37. The number of hydrogen-bond donors (Lipinski definition) is 3. The molecule has 1 heterocycles. The van der Waals surface area contributed by atoms with Crippen molar-refractivity contribution in [2.75, 3.05) is 6.61 Å². The fourth-order valence-corrected chi connectivity index (χ4v) is 2.55. The van der Waals surface area contributed by atoms with Crippen LogP contribution in [-0.2, 0) is 16.6 Å². The number of aliphatic hydroxyl groups is 2. The topological polar surface area (TPSA) is 99.8 Å². The lowest BCUT2D eigenvalue weighted by molar-refractivity contribution is 0.224. The largest absolute Gasteiger partial charge is 0.446 e. The van der Waals surface area contributed by atoms with E-state index in [4.69, 9.17) is 14.6 Å². The van der Waals surface area contributed by atoms with Crippen molar-refractivity contribution in [3.63, 3.8) is 0 Å². The third-order valence-corrected chi connectivity index (χ3v) is 3.73. The molecule has 0 unspecified atom stereocenters. The lowest BCUT2D eigenvalue weighted by Crippen LogP contribution is -2.40. The Labute approximate surface area is 100 Å². The van der Waals surface area contributed by atoms with Gasteiger partial charge < -0.3 is 14.6 Å². The van der Waals surface area contributed by atoms with Gasteiger partial charge >= 0.3 is 0 Å². The minimum atomic E-state index is -3.79. The summed E-state index contributed by atoms with van der Waals surface area (Å²) in [7, 11) is -3.79. The van der Waals surface area contributed by atoms with Crippen molar-refractivity contribution in [2.24, 2.45) is 5.92 Å². The van der Waals surface area contributed by atoms with Gasteiger partial charge in [-0.15, -0.1) is 0 Å². The first-order valence-electron chi connectivity index (χ1n) is 5.23. The predicted octanol–water partition coefficient (Wildman–Crippen LogP) is 0.0671. The summed E-state index contributed by atoms with van der Waals surface area (Å²) < 4.78 is 31.0. The fourth-order valence-electron chi connectivity index (χ4n) is 1.23. The quantitative estimate of drug-likeness (QED) is 0.674. The number of rotatable bonds is 6. The zero-order valence-corrected chi connectivity index (χ0v) is 10.6. The first-order valence-corrected chi connectivity index (χ1v) is 6.71. The first kappa shape index (κ1) is 14.2. The summed E-state index contributed by atoms with van der Waals surface area (Å²) in [4.78, 5) is 0. The molecule has 0 amide bonds. The second-order valence-corrected chi connectivity index (χ2v) is 5.68. The predicted molar refractivity (Wildman–Crippen MR) is 60.7 cm³/mol. The van der Waals surface area contributed by atoms with Gasteiger partial charge in [-0.3, -0.25) is 0 Å². The van der Waals surface area contributed by atoms with Gasteiger partial charge in [0.15, 0.2) is 0 Å². The Bertz CT molecular complexity index is 451. The van der Waals surface area contributed by atoms with Gasteiger partial charge in [0.05, 0.1) is 6.61 Å². The maximum absolute atomic E-state index is 11.8. The number of furan rings is 1. The Morgan fingerprint density at radius 3 is 2.41 bits per heavy atom. The Morgan fingerprint density at radius 1 is 1.35 bits per heavy atom. The van der Waals surface area contributed by atoms with Crippen molar-refractivity contribution in [2.45, 2.75) is 31.6 Å². The molecule has 0 aliphatic carbocycles. The normalized spacial score (nSPS) is 14.2. The van der Waals surface area contributed by atoms with Crippen molar-refractivity contribution in [1.82, 2.24) is 4.72 Å². The van der Waals surface area contributed by atoms with Gasteiger partial charge in [0.2, 0.25) is 5.09 Å². The van der Waals surface area contributed by atoms with Crippen molar-refractivity contribution in [3.05, 3.63) is 17.9 Å². The van der Waals surface area contributed by atoms with E-state index in [2.05, 4.69) is 4.72 Å². The molecule has 17 heavy (non-hydrogen) atoms. The average molecular weight is 263 g/mol. The van der Waals surface area contributed by atoms with Gasteiger partial charge in [-0.1, -0.05) is 13.8 Å². The highest BCUT2D eigenvalue weighted by Crippen LogP contribution is 2.15. The van der Waals surface area contributed by atoms with Crippen LogP contribution in [0.5, 0.6) is 0 Å². The monoisotopic (exact) mass is 263 g/mol.